The summed E-state index contributed by atoms with van der Waals surface area (Å²) in [5.74, 6) is 0.545. The third-order valence-corrected chi connectivity index (χ3v) is 2.71. The van der Waals surface area contributed by atoms with Gasteiger partial charge in [0.15, 0.2) is 0 Å². The van der Waals surface area contributed by atoms with Gasteiger partial charge in [-0.05, 0) is 18.8 Å². The molecule has 0 bridgehead atoms. The van der Waals surface area contributed by atoms with Gasteiger partial charge in [0.2, 0.25) is 0 Å². The standard InChI is InChI=1S/C9H18N2O2/c1-13-9(12)11-8(6-10)7-4-2-3-5-7/h7-8H,2-6,10H2,1H3,(H,11,12). The molecule has 0 aromatic carbocycles. The van der Waals surface area contributed by atoms with Crippen molar-refractivity contribution in [3.8, 4) is 0 Å². The van der Waals surface area contributed by atoms with Gasteiger partial charge >= 0.3 is 6.09 Å². The number of carbonyl (C=O) groups excluding carboxylic acids is 1. The number of hydrogen-bond acceptors (Lipinski definition) is 3. The molecule has 1 aliphatic carbocycles. The molecule has 0 aromatic heterocycles. The van der Waals surface area contributed by atoms with Crippen LogP contribution in [0.15, 0.2) is 0 Å². The molecule has 0 aliphatic heterocycles. The van der Waals surface area contributed by atoms with Crippen molar-refractivity contribution in [1.29, 1.82) is 0 Å². The summed E-state index contributed by atoms with van der Waals surface area (Å²) < 4.78 is 4.54. The Bertz CT molecular complexity index is 167. The van der Waals surface area contributed by atoms with E-state index in [-0.39, 0.29) is 12.1 Å². The molecule has 1 aliphatic rings. The summed E-state index contributed by atoms with van der Waals surface area (Å²) in [6, 6.07) is 0.0925. The molecular weight excluding hydrogens is 168 g/mol. The van der Waals surface area contributed by atoms with Crippen molar-refractivity contribution < 1.29 is 9.53 Å². The van der Waals surface area contributed by atoms with Crippen molar-refractivity contribution in [3.63, 3.8) is 0 Å². The maximum Gasteiger partial charge on any atom is 0.407 e. The fourth-order valence-corrected chi connectivity index (χ4v) is 1.94. The second-order valence-corrected chi connectivity index (χ2v) is 3.52. The first-order valence-electron chi connectivity index (χ1n) is 4.82. The second kappa shape index (κ2) is 5.07. The van der Waals surface area contributed by atoms with Gasteiger partial charge < -0.3 is 15.8 Å². The molecule has 0 spiro atoms. The Morgan fingerprint density at radius 2 is 2.23 bits per heavy atom. The first-order chi connectivity index (χ1) is 6.27. The van der Waals surface area contributed by atoms with Crippen LogP contribution in [-0.4, -0.2) is 25.8 Å². The molecule has 0 aromatic rings. The molecule has 1 unspecified atom stereocenters. The van der Waals surface area contributed by atoms with E-state index < -0.39 is 0 Å². The normalized spacial score (nSPS) is 19.8. The highest BCUT2D eigenvalue weighted by molar-refractivity contribution is 5.67. The number of amides is 1. The van der Waals surface area contributed by atoms with E-state index in [2.05, 4.69) is 10.1 Å². The summed E-state index contributed by atoms with van der Waals surface area (Å²) in [6.07, 6.45) is 4.48. The van der Waals surface area contributed by atoms with Gasteiger partial charge in [-0.3, -0.25) is 0 Å². The van der Waals surface area contributed by atoms with E-state index in [1.54, 1.807) is 0 Å². The zero-order valence-electron chi connectivity index (χ0n) is 8.08. The van der Waals surface area contributed by atoms with Crippen LogP contribution in [0.3, 0.4) is 0 Å². The van der Waals surface area contributed by atoms with Crippen molar-refractivity contribution in [2.75, 3.05) is 13.7 Å². The molecule has 13 heavy (non-hydrogen) atoms. The van der Waals surface area contributed by atoms with E-state index in [9.17, 15) is 4.79 Å². The zero-order chi connectivity index (χ0) is 9.68. The van der Waals surface area contributed by atoms with Crippen molar-refractivity contribution >= 4 is 6.09 Å². The summed E-state index contributed by atoms with van der Waals surface area (Å²) in [5.41, 5.74) is 5.59. The van der Waals surface area contributed by atoms with Crippen molar-refractivity contribution in [2.24, 2.45) is 11.7 Å². The summed E-state index contributed by atoms with van der Waals surface area (Å²) >= 11 is 0. The van der Waals surface area contributed by atoms with Gasteiger partial charge in [0, 0.05) is 12.6 Å². The molecule has 4 nitrogen and oxygen atoms in total. The average Bonchev–Trinajstić information content (AvgIpc) is 2.66. The van der Waals surface area contributed by atoms with Gasteiger partial charge in [0.25, 0.3) is 0 Å². The number of carbonyl (C=O) groups is 1. The number of nitrogens with two attached hydrogens (primary N) is 1. The molecule has 1 amide bonds. The molecular formula is C9H18N2O2. The monoisotopic (exact) mass is 186 g/mol. The summed E-state index contributed by atoms with van der Waals surface area (Å²) in [7, 11) is 1.37. The minimum absolute atomic E-state index is 0.0925. The van der Waals surface area contributed by atoms with Crippen molar-refractivity contribution in [1.82, 2.24) is 5.32 Å². The highest BCUT2D eigenvalue weighted by atomic mass is 16.5. The zero-order valence-corrected chi connectivity index (χ0v) is 8.08. The fourth-order valence-electron chi connectivity index (χ4n) is 1.94. The van der Waals surface area contributed by atoms with Crippen molar-refractivity contribution in [3.05, 3.63) is 0 Å². The molecule has 4 heteroatoms. The van der Waals surface area contributed by atoms with Crippen LogP contribution in [0.25, 0.3) is 0 Å². The van der Waals surface area contributed by atoms with Crippen LogP contribution in [0.4, 0.5) is 4.79 Å². The third kappa shape index (κ3) is 2.88. The Morgan fingerprint density at radius 1 is 1.62 bits per heavy atom. The third-order valence-electron chi connectivity index (χ3n) is 2.71. The van der Waals surface area contributed by atoms with Crippen LogP contribution >= 0.6 is 0 Å². The molecule has 3 N–H and O–H groups in total. The fraction of sp³-hybridized carbons (Fsp3) is 0.889. The van der Waals surface area contributed by atoms with Crippen LogP contribution in [0.1, 0.15) is 25.7 Å². The molecule has 0 radical (unpaired) electrons. The van der Waals surface area contributed by atoms with E-state index in [1.807, 2.05) is 0 Å². The van der Waals surface area contributed by atoms with E-state index in [1.165, 1.54) is 32.8 Å². The van der Waals surface area contributed by atoms with Crippen LogP contribution in [0.2, 0.25) is 0 Å². The number of rotatable bonds is 3. The minimum Gasteiger partial charge on any atom is -0.453 e. The smallest absolute Gasteiger partial charge is 0.407 e. The highest BCUT2D eigenvalue weighted by Crippen LogP contribution is 2.27. The molecule has 76 valence electrons. The predicted octanol–water partition coefficient (Wildman–Crippen LogP) is 0.860. The van der Waals surface area contributed by atoms with E-state index >= 15 is 0 Å². The lowest BCUT2D eigenvalue weighted by atomic mass is 9.98. The lowest BCUT2D eigenvalue weighted by molar-refractivity contribution is 0.162. The SMILES string of the molecule is COC(=O)NC(CN)C1CCCC1. The number of methoxy groups -OCH3 is 1. The van der Waals surface area contributed by atoms with Gasteiger partial charge in [0.05, 0.1) is 7.11 Å². The predicted molar refractivity (Wildman–Crippen MR) is 50.3 cm³/mol. The van der Waals surface area contributed by atoms with E-state index in [0.717, 1.165) is 0 Å². The summed E-state index contributed by atoms with van der Waals surface area (Å²) in [5, 5.41) is 2.77. The Kier molecular flexibility index (Phi) is 4.02. The Labute approximate surface area is 78.8 Å². The van der Waals surface area contributed by atoms with Crippen LogP contribution in [0, 0.1) is 5.92 Å². The molecule has 0 heterocycles. The minimum atomic E-state index is -0.373. The van der Waals surface area contributed by atoms with Crippen molar-refractivity contribution in [2.45, 2.75) is 31.7 Å². The van der Waals surface area contributed by atoms with Gasteiger partial charge in [0.1, 0.15) is 0 Å². The molecule has 1 atom stereocenters. The quantitative estimate of drug-likeness (QED) is 0.687. The molecule has 1 saturated carbocycles. The maximum absolute atomic E-state index is 10.9. The Hall–Kier alpha value is -0.770. The lowest BCUT2D eigenvalue weighted by Gasteiger charge is -2.22. The first-order valence-corrected chi connectivity index (χ1v) is 4.82. The van der Waals surface area contributed by atoms with Gasteiger partial charge in [-0.2, -0.15) is 0 Å². The van der Waals surface area contributed by atoms with Crippen LogP contribution < -0.4 is 11.1 Å². The topological polar surface area (TPSA) is 64.3 Å². The summed E-state index contributed by atoms with van der Waals surface area (Å²) in [6.45, 7) is 0.500. The van der Waals surface area contributed by atoms with Gasteiger partial charge in [-0.15, -0.1) is 0 Å². The maximum atomic E-state index is 10.9. The van der Waals surface area contributed by atoms with Gasteiger partial charge in [-0.1, -0.05) is 12.8 Å². The second-order valence-electron chi connectivity index (χ2n) is 3.52. The Morgan fingerprint density at radius 3 is 2.69 bits per heavy atom. The highest BCUT2D eigenvalue weighted by Gasteiger charge is 2.25. The molecule has 1 rings (SSSR count). The number of alkyl carbamates (subject to hydrolysis) is 1. The Balaban J connectivity index is 2.37. The van der Waals surface area contributed by atoms with Crippen LogP contribution in [-0.2, 0) is 4.74 Å². The van der Waals surface area contributed by atoms with Gasteiger partial charge in [-0.25, -0.2) is 4.79 Å². The average molecular weight is 186 g/mol. The number of hydrogen-bond donors (Lipinski definition) is 2. The number of ether oxygens (including phenoxy) is 1. The number of nitrogens with one attached hydrogen (secondary N) is 1. The van der Waals surface area contributed by atoms with E-state index in [0.29, 0.717) is 12.5 Å². The molecule has 0 saturated heterocycles. The summed E-state index contributed by atoms with van der Waals surface area (Å²) in [4.78, 5) is 10.9. The lowest BCUT2D eigenvalue weighted by Crippen LogP contribution is -2.44. The van der Waals surface area contributed by atoms with Crippen LogP contribution in [0.5, 0.6) is 0 Å². The first kappa shape index (κ1) is 10.3. The largest absolute Gasteiger partial charge is 0.453 e. The molecule has 1 fully saturated rings. The van der Waals surface area contributed by atoms with E-state index in [4.69, 9.17) is 5.73 Å².